The third-order valence-corrected chi connectivity index (χ3v) is 2.15. The Balaban J connectivity index is 4.20. The van der Waals surface area contributed by atoms with Crippen LogP contribution in [-0.2, 0) is 4.74 Å². The van der Waals surface area contributed by atoms with E-state index in [9.17, 15) is 0 Å². The van der Waals surface area contributed by atoms with E-state index < -0.39 is 0 Å². The summed E-state index contributed by atoms with van der Waals surface area (Å²) in [5.41, 5.74) is 7.02. The van der Waals surface area contributed by atoms with Crippen molar-refractivity contribution in [2.75, 3.05) is 7.11 Å². The molecule has 2 heteroatoms. The van der Waals surface area contributed by atoms with Gasteiger partial charge < -0.3 is 10.5 Å². The molecule has 0 saturated heterocycles. The number of hydrogen-bond donors (Lipinski definition) is 1. The van der Waals surface area contributed by atoms with Crippen molar-refractivity contribution in [1.29, 1.82) is 0 Å². The molecule has 76 valence electrons. The molecule has 13 heavy (non-hydrogen) atoms. The van der Waals surface area contributed by atoms with Crippen molar-refractivity contribution in [3.05, 3.63) is 24.5 Å². The maximum absolute atomic E-state index is 5.94. The predicted octanol–water partition coefficient (Wildman–Crippen LogP) is 2.47. The van der Waals surface area contributed by atoms with Gasteiger partial charge in [-0.25, -0.2) is 0 Å². The van der Waals surface area contributed by atoms with Crippen LogP contribution in [0.1, 0.15) is 27.2 Å². The van der Waals surface area contributed by atoms with E-state index in [0.717, 1.165) is 5.57 Å². The van der Waals surface area contributed by atoms with Gasteiger partial charge >= 0.3 is 0 Å². The van der Waals surface area contributed by atoms with Crippen molar-refractivity contribution >= 4 is 0 Å². The standard InChI is InChI=1S/C11H21NO/c1-8(13-6)7-10(12)9(2)11(3,4)5/h10H,1-2,7,12H2,3-6H3. The molecule has 0 radical (unpaired) electrons. The molecule has 1 atom stereocenters. The molecule has 0 heterocycles. The summed E-state index contributed by atoms with van der Waals surface area (Å²) in [7, 11) is 1.61. The molecule has 2 N–H and O–H groups in total. The topological polar surface area (TPSA) is 35.2 Å². The van der Waals surface area contributed by atoms with Crippen LogP contribution in [0.3, 0.4) is 0 Å². The first kappa shape index (κ1) is 12.2. The summed E-state index contributed by atoms with van der Waals surface area (Å²) < 4.78 is 4.97. The minimum absolute atomic E-state index is 0.0490. The Morgan fingerprint density at radius 1 is 1.38 bits per heavy atom. The molecule has 0 aromatic rings. The fraction of sp³-hybridized carbons (Fsp3) is 0.636. The summed E-state index contributed by atoms with van der Waals surface area (Å²) in [4.78, 5) is 0. The van der Waals surface area contributed by atoms with Gasteiger partial charge in [0.1, 0.15) is 0 Å². The zero-order valence-corrected chi connectivity index (χ0v) is 9.18. The molecule has 0 aromatic carbocycles. The molecule has 0 saturated carbocycles. The van der Waals surface area contributed by atoms with Crippen LogP contribution in [0.2, 0.25) is 0 Å². The largest absolute Gasteiger partial charge is 0.502 e. The number of hydrogen-bond acceptors (Lipinski definition) is 2. The van der Waals surface area contributed by atoms with Crippen LogP contribution < -0.4 is 5.73 Å². The Morgan fingerprint density at radius 3 is 2.15 bits per heavy atom. The number of nitrogens with two attached hydrogens (primary N) is 1. The SMILES string of the molecule is C=C(CC(N)C(=C)C(C)(C)C)OC. The molecule has 0 bridgehead atoms. The van der Waals surface area contributed by atoms with Crippen LogP contribution in [-0.4, -0.2) is 13.2 Å². The second-order valence-corrected chi connectivity index (χ2v) is 4.33. The highest BCUT2D eigenvalue weighted by Gasteiger charge is 2.21. The summed E-state index contributed by atoms with van der Waals surface area (Å²) in [6.07, 6.45) is 0.645. The maximum Gasteiger partial charge on any atom is 0.0902 e. The fourth-order valence-electron chi connectivity index (χ4n) is 1.01. The highest BCUT2D eigenvalue weighted by Crippen LogP contribution is 2.27. The number of rotatable bonds is 4. The van der Waals surface area contributed by atoms with E-state index in [0.29, 0.717) is 12.2 Å². The normalized spacial score (nSPS) is 13.6. The molecule has 2 nitrogen and oxygen atoms in total. The third kappa shape index (κ3) is 4.13. The second-order valence-electron chi connectivity index (χ2n) is 4.33. The molecule has 0 aliphatic heterocycles. The van der Waals surface area contributed by atoms with Gasteiger partial charge in [0.05, 0.1) is 12.9 Å². The van der Waals surface area contributed by atoms with E-state index in [1.54, 1.807) is 7.11 Å². The molecule has 0 amide bonds. The second kappa shape index (κ2) is 4.47. The van der Waals surface area contributed by atoms with E-state index in [4.69, 9.17) is 10.5 Å². The van der Waals surface area contributed by atoms with Crippen molar-refractivity contribution in [1.82, 2.24) is 0 Å². The van der Waals surface area contributed by atoms with Gasteiger partial charge in [0.2, 0.25) is 0 Å². The van der Waals surface area contributed by atoms with Crippen molar-refractivity contribution in [2.24, 2.45) is 11.1 Å². The van der Waals surface area contributed by atoms with Gasteiger partial charge in [-0.3, -0.25) is 0 Å². The van der Waals surface area contributed by atoms with Crippen LogP contribution in [0.25, 0.3) is 0 Å². The first-order valence-corrected chi connectivity index (χ1v) is 4.45. The molecule has 0 aliphatic rings. The summed E-state index contributed by atoms with van der Waals surface area (Å²) >= 11 is 0. The zero-order chi connectivity index (χ0) is 10.6. The lowest BCUT2D eigenvalue weighted by Gasteiger charge is -2.27. The lowest BCUT2D eigenvalue weighted by Crippen LogP contribution is -2.29. The van der Waals surface area contributed by atoms with Crippen LogP contribution >= 0.6 is 0 Å². The first-order chi connectivity index (χ1) is 5.79. The maximum atomic E-state index is 5.94. The van der Waals surface area contributed by atoms with E-state index in [1.165, 1.54) is 0 Å². The van der Waals surface area contributed by atoms with E-state index in [2.05, 4.69) is 33.9 Å². The monoisotopic (exact) mass is 183 g/mol. The molecular weight excluding hydrogens is 162 g/mol. The van der Waals surface area contributed by atoms with Crippen molar-refractivity contribution in [3.63, 3.8) is 0 Å². The summed E-state index contributed by atoms with van der Waals surface area (Å²) in [6.45, 7) is 14.0. The predicted molar refractivity (Wildman–Crippen MR) is 57.3 cm³/mol. The summed E-state index contributed by atoms with van der Waals surface area (Å²) in [5, 5.41) is 0. The Bertz CT molecular complexity index is 201. The fourth-order valence-corrected chi connectivity index (χ4v) is 1.01. The zero-order valence-electron chi connectivity index (χ0n) is 9.18. The van der Waals surface area contributed by atoms with Gasteiger partial charge in [-0.1, -0.05) is 39.5 Å². The summed E-state index contributed by atoms with van der Waals surface area (Å²) in [6, 6.07) is -0.0625. The van der Waals surface area contributed by atoms with Gasteiger partial charge in [-0.15, -0.1) is 0 Å². The molecule has 0 aromatic heterocycles. The van der Waals surface area contributed by atoms with Crippen LogP contribution in [0.15, 0.2) is 24.5 Å². The Kier molecular flexibility index (Phi) is 4.21. The molecule has 0 spiro atoms. The van der Waals surface area contributed by atoms with Crippen molar-refractivity contribution in [3.8, 4) is 0 Å². The average molecular weight is 183 g/mol. The van der Waals surface area contributed by atoms with Gasteiger partial charge in [0, 0.05) is 12.5 Å². The Morgan fingerprint density at radius 2 is 1.85 bits per heavy atom. The highest BCUT2D eigenvalue weighted by molar-refractivity contribution is 5.15. The van der Waals surface area contributed by atoms with E-state index in [1.807, 2.05) is 0 Å². The van der Waals surface area contributed by atoms with Crippen molar-refractivity contribution < 1.29 is 4.74 Å². The minimum Gasteiger partial charge on any atom is -0.502 e. The first-order valence-electron chi connectivity index (χ1n) is 4.45. The van der Waals surface area contributed by atoms with Crippen molar-refractivity contribution in [2.45, 2.75) is 33.2 Å². The minimum atomic E-state index is -0.0625. The lowest BCUT2D eigenvalue weighted by atomic mass is 9.82. The van der Waals surface area contributed by atoms with E-state index in [-0.39, 0.29) is 11.5 Å². The molecule has 1 unspecified atom stereocenters. The molecule has 0 rings (SSSR count). The van der Waals surface area contributed by atoms with Gasteiger partial charge in [-0.2, -0.15) is 0 Å². The Hall–Kier alpha value is -0.760. The number of ether oxygens (including phenoxy) is 1. The van der Waals surface area contributed by atoms with Crippen LogP contribution in [0, 0.1) is 5.41 Å². The van der Waals surface area contributed by atoms with Crippen LogP contribution in [0.5, 0.6) is 0 Å². The quantitative estimate of drug-likeness (QED) is 0.537. The number of methoxy groups -OCH3 is 1. The van der Waals surface area contributed by atoms with E-state index >= 15 is 0 Å². The van der Waals surface area contributed by atoms with Gasteiger partial charge in [-0.05, 0) is 5.41 Å². The smallest absolute Gasteiger partial charge is 0.0902 e. The summed E-state index contributed by atoms with van der Waals surface area (Å²) in [5.74, 6) is 0.706. The molecule has 0 aliphatic carbocycles. The third-order valence-electron chi connectivity index (χ3n) is 2.15. The van der Waals surface area contributed by atoms with Gasteiger partial charge in [0.25, 0.3) is 0 Å². The molecular formula is C11H21NO. The average Bonchev–Trinajstić information content (AvgIpc) is 2.01. The van der Waals surface area contributed by atoms with Gasteiger partial charge in [0.15, 0.2) is 0 Å². The highest BCUT2D eigenvalue weighted by atomic mass is 16.5. The lowest BCUT2D eigenvalue weighted by molar-refractivity contribution is 0.272. The molecule has 0 fully saturated rings. The van der Waals surface area contributed by atoms with Crippen LogP contribution in [0.4, 0.5) is 0 Å². The Labute approximate surface area is 81.5 Å².